The summed E-state index contributed by atoms with van der Waals surface area (Å²) in [5.41, 5.74) is 1.22. The van der Waals surface area contributed by atoms with Crippen molar-refractivity contribution in [2.75, 3.05) is 11.9 Å². The van der Waals surface area contributed by atoms with E-state index in [4.69, 9.17) is 5.11 Å². The maximum absolute atomic E-state index is 10.8. The third-order valence-electron chi connectivity index (χ3n) is 2.40. The first kappa shape index (κ1) is 13.0. The fraction of sp³-hybridized carbons (Fsp3) is 0.167. The number of thiazole rings is 1. The fourth-order valence-corrected chi connectivity index (χ4v) is 2.66. The van der Waals surface area contributed by atoms with Crippen molar-refractivity contribution in [2.45, 2.75) is 6.54 Å². The number of rotatable bonds is 4. The minimum atomic E-state index is -0.994. The van der Waals surface area contributed by atoms with E-state index in [9.17, 15) is 4.79 Å². The van der Waals surface area contributed by atoms with Gasteiger partial charge in [-0.1, -0.05) is 34.1 Å². The molecule has 1 N–H and O–H groups in total. The lowest BCUT2D eigenvalue weighted by Gasteiger charge is -2.16. The first-order valence-corrected chi connectivity index (χ1v) is 6.88. The Balaban J connectivity index is 2.14. The molecule has 0 spiro atoms. The van der Waals surface area contributed by atoms with Gasteiger partial charge in [-0.15, -0.1) is 11.3 Å². The third kappa shape index (κ3) is 2.88. The molecular weight excluding hydrogens is 316 g/mol. The highest BCUT2D eigenvalue weighted by atomic mass is 79.9. The lowest BCUT2D eigenvalue weighted by molar-refractivity contribution is 0.0691. The van der Waals surface area contributed by atoms with Crippen molar-refractivity contribution in [1.29, 1.82) is 0 Å². The van der Waals surface area contributed by atoms with E-state index in [-0.39, 0.29) is 5.69 Å². The SMILES string of the molecule is CN(Cc1ccccc1Br)c1nc(C(=O)O)cs1. The second-order valence-corrected chi connectivity index (χ2v) is 5.46. The van der Waals surface area contributed by atoms with E-state index in [2.05, 4.69) is 20.9 Å². The monoisotopic (exact) mass is 326 g/mol. The fourth-order valence-electron chi connectivity index (χ4n) is 1.49. The summed E-state index contributed by atoms with van der Waals surface area (Å²) in [5.74, 6) is -0.994. The Bertz CT molecular complexity index is 571. The summed E-state index contributed by atoms with van der Waals surface area (Å²) in [4.78, 5) is 16.8. The Labute approximate surface area is 117 Å². The van der Waals surface area contributed by atoms with Crippen LogP contribution in [0.1, 0.15) is 16.1 Å². The summed E-state index contributed by atoms with van der Waals surface area (Å²) in [5, 5.41) is 11.1. The van der Waals surface area contributed by atoms with Gasteiger partial charge in [-0.2, -0.15) is 0 Å². The van der Waals surface area contributed by atoms with Crippen molar-refractivity contribution >= 4 is 38.4 Å². The Morgan fingerprint density at radius 1 is 1.50 bits per heavy atom. The van der Waals surface area contributed by atoms with Crippen molar-refractivity contribution in [3.05, 3.63) is 45.4 Å². The number of aromatic carboxylic acids is 1. The molecule has 2 rings (SSSR count). The predicted molar refractivity (Wildman–Crippen MR) is 75.3 cm³/mol. The van der Waals surface area contributed by atoms with Gasteiger partial charge in [0, 0.05) is 23.4 Å². The van der Waals surface area contributed by atoms with Crippen LogP contribution in [0.5, 0.6) is 0 Å². The second kappa shape index (κ2) is 5.49. The molecule has 0 bridgehead atoms. The number of benzene rings is 1. The number of hydrogen-bond donors (Lipinski definition) is 1. The van der Waals surface area contributed by atoms with E-state index >= 15 is 0 Å². The molecule has 1 aromatic carbocycles. The van der Waals surface area contributed by atoms with Crippen LogP contribution in [-0.4, -0.2) is 23.1 Å². The van der Waals surface area contributed by atoms with Crippen LogP contribution in [0.25, 0.3) is 0 Å². The van der Waals surface area contributed by atoms with Crippen LogP contribution in [0.3, 0.4) is 0 Å². The second-order valence-electron chi connectivity index (χ2n) is 3.77. The summed E-state index contributed by atoms with van der Waals surface area (Å²) in [7, 11) is 1.89. The number of carboxylic acid groups (broad SMARTS) is 1. The Kier molecular flexibility index (Phi) is 3.98. The predicted octanol–water partition coefficient (Wildman–Crippen LogP) is 3.24. The average molecular weight is 327 g/mol. The molecule has 0 saturated carbocycles. The van der Waals surface area contributed by atoms with Gasteiger partial charge >= 0.3 is 5.97 Å². The average Bonchev–Trinajstić information content (AvgIpc) is 2.81. The molecular formula is C12H11BrN2O2S. The number of halogens is 1. The first-order chi connectivity index (χ1) is 8.58. The molecule has 0 amide bonds. The normalized spacial score (nSPS) is 10.3. The maximum atomic E-state index is 10.8. The molecule has 0 saturated heterocycles. The molecule has 0 unspecified atom stereocenters. The molecule has 18 heavy (non-hydrogen) atoms. The smallest absolute Gasteiger partial charge is 0.355 e. The van der Waals surface area contributed by atoms with Gasteiger partial charge in [-0.05, 0) is 11.6 Å². The minimum absolute atomic E-state index is 0.0916. The highest BCUT2D eigenvalue weighted by molar-refractivity contribution is 9.10. The zero-order valence-electron chi connectivity index (χ0n) is 9.63. The highest BCUT2D eigenvalue weighted by Gasteiger charge is 2.12. The standard InChI is InChI=1S/C12H11BrN2O2S/c1-15(6-8-4-2-3-5-9(8)13)12-14-10(7-18-12)11(16)17/h2-5,7H,6H2,1H3,(H,16,17). The van der Waals surface area contributed by atoms with Crippen molar-refractivity contribution in [1.82, 2.24) is 4.98 Å². The maximum Gasteiger partial charge on any atom is 0.355 e. The summed E-state index contributed by atoms with van der Waals surface area (Å²) >= 11 is 4.82. The van der Waals surface area contributed by atoms with Crippen molar-refractivity contribution in [2.24, 2.45) is 0 Å². The zero-order valence-corrected chi connectivity index (χ0v) is 12.0. The molecule has 6 heteroatoms. The van der Waals surface area contributed by atoms with Crippen LogP contribution in [-0.2, 0) is 6.54 Å². The molecule has 0 fully saturated rings. The van der Waals surface area contributed by atoms with Gasteiger partial charge in [0.2, 0.25) is 0 Å². The molecule has 0 aliphatic heterocycles. The first-order valence-electron chi connectivity index (χ1n) is 5.21. The number of carbonyl (C=O) groups is 1. The summed E-state index contributed by atoms with van der Waals surface area (Å²) in [6, 6.07) is 7.93. The number of aromatic nitrogens is 1. The van der Waals surface area contributed by atoms with E-state index in [1.165, 1.54) is 11.3 Å². The molecule has 0 atom stereocenters. The van der Waals surface area contributed by atoms with Gasteiger partial charge in [0.05, 0.1) is 0 Å². The van der Waals surface area contributed by atoms with E-state index in [0.29, 0.717) is 11.7 Å². The highest BCUT2D eigenvalue weighted by Crippen LogP contribution is 2.23. The van der Waals surface area contributed by atoms with Gasteiger partial charge < -0.3 is 10.0 Å². The van der Waals surface area contributed by atoms with Crippen molar-refractivity contribution < 1.29 is 9.90 Å². The molecule has 2 aromatic rings. The Morgan fingerprint density at radius 2 is 2.22 bits per heavy atom. The van der Waals surface area contributed by atoms with E-state index in [0.717, 1.165) is 10.0 Å². The Morgan fingerprint density at radius 3 is 2.83 bits per heavy atom. The van der Waals surface area contributed by atoms with Crippen LogP contribution in [0.2, 0.25) is 0 Å². The van der Waals surface area contributed by atoms with Gasteiger partial charge in [-0.3, -0.25) is 0 Å². The van der Waals surface area contributed by atoms with Gasteiger partial charge in [-0.25, -0.2) is 9.78 Å². The number of nitrogens with zero attached hydrogens (tertiary/aromatic N) is 2. The van der Waals surface area contributed by atoms with E-state index < -0.39 is 5.97 Å². The summed E-state index contributed by atoms with van der Waals surface area (Å²) < 4.78 is 1.03. The van der Waals surface area contributed by atoms with Gasteiger partial charge in [0.1, 0.15) is 0 Å². The largest absolute Gasteiger partial charge is 0.476 e. The van der Waals surface area contributed by atoms with Crippen LogP contribution in [0, 0.1) is 0 Å². The Hall–Kier alpha value is -1.40. The lowest BCUT2D eigenvalue weighted by atomic mass is 10.2. The van der Waals surface area contributed by atoms with Gasteiger partial charge in [0.25, 0.3) is 0 Å². The summed E-state index contributed by atoms with van der Waals surface area (Å²) in [6.45, 7) is 0.675. The van der Waals surface area contributed by atoms with Crippen LogP contribution in [0.4, 0.5) is 5.13 Å². The van der Waals surface area contributed by atoms with Crippen LogP contribution >= 0.6 is 27.3 Å². The molecule has 1 aromatic heterocycles. The molecule has 0 aliphatic rings. The number of anilines is 1. The van der Waals surface area contributed by atoms with Crippen LogP contribution in [0.15, 0.2) is 34.1 Å². The van der Waals surface area contributed by atoms with Crippen molar-refractivity contribution in [3.63, 3.8) is 0 Å². The molecule has 0 aliphatic carbocycles. The topological polar surface area (TPSA) is 53.4 Å². The third-order valence-corrected chi connectivity index (χ3v) is 4.13. The van der Waals surface area contributed by atoms with Crippen LogP contribution < -0.4 is 4.90 Å². The zero-order chi connectivity index (χ0) is 13.1. The van der Waals surface area contributed by atoms with E-state index in [1.807, 2.05) is 36.2 Å². The van der Waals surface area contributed by atoms with Gasteiger partial charge in [0.15, 0.2) is 10.8 Å². The molecule has 94 valence electrons. The van der Waals surface area contributed by atoms with Crippen molar-refractivity contribution in [3.8, 4) is 0 Å². The summed E-state index contributed by atoms with van der Waals surface area (Å²) in [6.07, 6.45) is 0. The number of carboxylic acids is 1. The molecule has 1 heterocycles. The molecule has 0 radical (unpaired) electrons. The number of hydrogen-bond acceptors (Lipinski definition) is 4. The van der Waals surface area contributed by atoms with E-state index in [1.54, 1.807) is 5.38 Å². The minimum Gasteiger partial charge on any atom is -0.476 e. The lowest BCUT2D eigenvalue weighted by Crippen LogP contribution is -2.16. The quantitative estimate of drug-likeness (QED) is 0.937. The molecule has 4 nitrogen and oxygen atoms in total.